The summed E-state index contributed by atoms with van der Waals surface area (Å²) in [5.41, 5.74) is 13.4. The SMILES string of the molecule is Cl.Nc1ccc(-c2ccc(N)cc2F)cc1. The lowest BCUT2D eigenvalue weighted by Crippen LogP contribution is -1.90. The first-order chi connectivity index (χ1) is 7.16. The molecule has 0 heterocycles. The molecule has 16 heavy (non-hydrogen) atoms. The van der Waals surface area contributed by atoms with Gasteiger partial charge in [0.2, 0.25) is 0 Å². The molecule has 2 rings (SSSR count). The Kier molecular flexibility index (Phi) is 3.74. The van der Waals surface area contributed by atoms with Crippen LogP contribution in [0.5, 0.6) is 0 Å². The first kappa shape index (κ1) is 12.3. The Labute approximate surface area is 99.5 Å². The summed E-state index contributed by atoms with van der Waals surface area (Å²) < 4.78 is 13.5. The Hall–Kier alpha value is -1.74. The van der Waals surface area contributed by atoms with E-state index in [1.54, 1.807) is 36.4 Å². The van der Waals surface area contributed by atoms with E-state index in [4.69, 9.17) is 11.5 Å². The zero-order chi connectivity index (χ0) is 10.8. The highest BCUT2D eigenvalue weighted by Crippen LogP contribution is 2.24. The summed E-state index contributed by atoms with van der Waals surface area (Å²) in [4.78, 5) is 0. The van der Waals surface area contributed by atoms with Gasteiger partial charge in [-0.25, -0.2) is 4.39 Å². The highest BCUT2D eigenvalue weighted by atomic mass is 35.5. The van der Waals surface area contributed by atoms with Crippen molar-refractivity contribution in [3.63, 3.8) is 0 Å². The zero-order valence-corrected chi connectivity index (χ0v) is 9.30. The summed E-state index contributed by atoms with van der Waals surface area (Å²) in [6, 6.07) is 11.7. The molecular formula is C12H12ClFN2. The van der Waals surface area contributed by atoms with Gasteiger partial charge in [-0.3, -0.25) is 0 Å². The van der Waals surface area contributed by atoms with Gasteiger partial charge in [0.25, 0.3) is 0 Å². The standard InChI is InChI=1S/C12H11FN2.ClH/c13-12-7-10(15)5-6-11(12)8-1-3-9(14)4-2-8;/h1-7H,14-15H2;1H. The van der Waals surface area contributed by atoms with Crippen molar-refractivity contribution in [3.05, 3.63) is 48.3 Å². The Morgan fingerprint density at radius 2 is 1.38 bits per heavy atom. The molecule has 2 aromatic rings. The van der Waals surface area contributed by atoms with Crippen LogP contribution in [0.2, 0.25) is 0 Å². The van der Waals surface area contributed by atoms with Gasteiger partial charge in [-0.15, -0.1) is 12.4 Å². The lowest BCUT2D eigenvalue weighted by Gasteiger charge is -2.04. The lowest BCUT2D eigenvalue weighted by atomic mass is 10.0. The molecule has 0 aliphatic heterocycles. The molecule has 4 heteroatoms. The van der Waals surface area contributed by atoms with Gasteiger partial charge in [0.05, 0.1) is 0 Å². The fourth-order valence-electron chi connectivity index (χ4n) is 1.43. The molecule has 0 atom stereocenters. The fourth-order valence-corrected chi connectivity index (χ4v) is 1.43. The number of benzene rings is 2. The van der Waals surface area contributed by atoms with Gasteiger partial charge in [-0.2, -0.15) is 0 Å². The normalized spacial score (nSPS) is 9.56. The van der Waals surface area contributed by atoms with Crippen molar-refractivity contribution in [2.75, 3.05) is 11.5 Å². The van der Waals surface area contributed by atoms with Crippen molar-refractivity contribution in [1.82, 2.24) is 0 Å². The molecular weight excluding hydrogens is 227 g/mol. The van der Waals surface area contributed by atoms with Gasteiger partial charge in [0.1, 0.15) is 5.82 Å². The second-order valence-corrected chi connectivity index (χ2v) is 3.36. The van der Waals surface area contributed by atoms with Gasteiger partial charge in [0.15, 0.2) is 0 Å². The molecule has 2 aromatic carbocycles. The van der Waals surface area contributed by atoms with Crippen molar-refractivity contribution >= 4 is 23.8 Å². The molecule has 0 spiro atoms. The molecule has 0 saturated heterocycles. The number of hydrogen-bond donors (Lipinski definition) is 2. The van der Waals surface area contributed by atoms with Crippen molar-refractivity contribution < 1.29 is 4.39 Å². The van der Waals surface area contributed by atoms with E-state index in [0.717, 1.165) is 5.56 Å². The van der Waals surface area contributed by atoms with Crippen molar-refractivity contribution in [1.29, 1.82) is 0 Å². The molecule has 0 bridgehead atoms. The molecule has 0 saturated carbocycles. The van der Waals surface area contributed by atoms with Crippen LogP contribution in [0, 0.1) is 5.82 Å². The molecule has 0 aromatic heterocycles. The highest BCUT2D eigenvalue weighted by molar-refractivity contribution is 5.85. The van der Waals surface area contributed by atoms with Crippen LogP contribution >= 0.6 is 12.4 Å². The van der Waals surface area contributed by atoms with E-state index in [1.165, 1.54) is 6.07 Å². The molecule has 0 fully saturated rings. The molecule has 0 unspecified atom stereocenters. The monoisotopic (exact) mass is 238 g/mol. The van der Waals surface area contributed by atoms with Gasteiger partial charge in [-0.05, 0) is 35.9 Å². The number of nitrogens with two attached hydrogens (primary N) is 2. The maximum atomic E-state index is 13.5. The van der Waals surface area contributed by atoms with E-state index in [2.05, 4.69) is 0 Å². The van der Waals surface area contributed by atoms with Crippen LogP contribution in [-0.4, -0.2) is 0 Å². The van der Waals surface area contributed by atoms with Crippen LogP contribution in [-0.2, 0) is 0 Å². The Morgan fingerprint density at radius 1 is 0.812 bits per heavy atom. The predicted octanol–water partition coefficient (Wildman–Crippen LogP) is 3.08. The van der Waals surface area contributed by atoms with Crippen LogP contribution in [0.4, 0.5) is 15.8 Å². The minimum Gasteiger partial charge on any atom is -0.399 e. The number of nitrogen functional groups attached to an aromatic ring is 2. The maximum Gasteiger partial charge on any atom is 0.133 e. The molecule has 0 aliphatic rings. The smallest absolute Gasteiger partial charge is 0.133 e. The summed E-state index contributed by atoms with van der Waals surface area (Å²) in [5, 5.41) is 0. The van der Waals surface area contributed by atoms with Crippen molar-refractivity contribution in [2.24, 2.45) is 0 Å². The second-order valence-electron chi connectivity index (χ2n) is 3.36. The lowest BCUT2D eigenvalue weighted by molar-refractivity contribution is 0.632. The van der Waals surface area contributed by atoms with E-state index in [0.29, 0.717) is 16.9 Å². The van der Waals surface area contributed by atoms with Crippen LogP contribution in [0.25, 0.3) is 11.1 Å². The topological polar surface area (TPSA) is 52.0 Å². The second kappa shape index (κ2) is 4.86. The number of hydrogen-bond acceptors (Lipinski definition) is 2. The third-order valence-corrected chi connectivity index (χ3v) is 2.21. The quantitative estimate of drug-likeness (QED) is 0.751. The molecule has 84 valence electrons. The maximum absolute atomic E-state index is 13.5. The largest absolute Gasteiger partial charge is 0.399 e. The molecule has 0 radical (unpaired) electrons. The molecule has 4 N–H and O–H groups in total. The van der Waals surface area contributed by atoms with Crippen LogP contribution < -0.4 is 11.5 Å². The first-order valence-corrected chi connectivity index (χ1v) is 4.58. The van der Waals surface area contributed by atoms with E-state index in [-0.39, 0.29) is 18.2 Å². The number of rotatable bonds is 1. The fraction of sp³-hybridized carbons (Fsp3) is 0. The Bertz CT molecular complexity index is 483. The van der Waals surface area contributed by atoms with Gasteiger partial charge >= 0.3 is 0 Å². The molecule has 0 amide bonds. The van der Waals surface area contributed by atoms with E-state index >= 15 is 0 Å². The van der Waals surface area contributed by atoms with Crippen LogP contribution in [0.1, 0.15) is 0 Å². The molecule has 0 aliphatic carbocycles. The van der Waals surface area contributed by atoms with Gasteiger partial charge in [0, 0.05) is 16.9 Å². The zero-order valence-electron chi connectivity index (χ0n) is 8.48. The predicted molar refractivity (Wildman–Crippen MR) is 67.9 cm³/mol. The summed E-state index contributed by atoms with van der Waals surface area (Å²) in [7, 11) is 0. The van der Waals surface area contributed by atoms with Gasteiger partial charge < -0.3 is 11.5 Å². The van der Waals surface area contributed by atoms with Crippen molar-refractivity contribution in [3.8, 4) is 11.1 Å². The number of halogens is 2. The summed E-state index contributed by atoms with van der Waals surface area (Å²) >= 11 is 0. The summed E-state index contributed by atoms with van der Waals surface area (Å²) in [6.07, 6.45) is 0. The third kappa shape index (κ3) is 2.44. The Morgan fingerprint density at radius 3 is 1.94 bits per heavy atom. The Balaban J connectivity index is 0.00000128. The third-order valence-electron chi connectivity index (χ3n) is 2.21. The van der Waals surface area contributed by atoms with E-state index < -0.39 is 0 Å². The minimum absolute atomic E-state index is 0. The van der Waals surface area contributed by atoms with E-state index in [1.807, 2.05) is 0 Å². The number of anilines is 2. The summed E-state index contributed by atoms with van der Waals surface area (Å²) in [6.45, 7) is 0. The highest BCUT2D eigenvalue weighted by Gasteiger charge is 2.04. The van der Waals surface area contributed by atoms with E-state index in [9.17, 15) is 4.39 Å². The summed E-state index contributed by atoms with van der Waals surface area (Å²) in [5.74, 6) is -0.320. The minimum atomic E-state index is -0.320. The molecule has 2 nitrogen and oxygen atoms in total. The van der Waals surface area contributed by atoms with Gasteiger partial charge in [-0.1, -0.05) is 12.1 Å². The average Bonchev–Trinajstić information content (AvgIpc) is 2.20. The van der Waals surface area contributed by atoms with Crippen molar-refractivity contribution in [2.45, 2.75) is 0 Å². The van der Waals surface area contributed by atoms with Crippen LogP contribution in [0.3, 0.4) is 0 Å². The van der Waals surface area contributed by atoms with Crippen LogP contribution in [0.15, 0.2) is 42.5 Å². The first-order valence-electron chi connectivity index (χ1n) is 4.58. The average molecular weight is 239 g/mol.